The summed E-state index contributed by atoms with van der Waals surface area (Å²) in [6.07, 6.45) is 0.981. The molecule has 0 fully saturated rings. The van der Waals surface area contributed by atoms with E-state index in [9.17, 15) is 4.39 Å². The molecule has 1 unspecified atom stereocenters. The van der Waals surface area contributed by atoms with Crippen LogP contribution in [0.25, 0.3) is 11.0 Å². The quantitative estimate of drug-likeness (QED) is 0.749. The molecule has 0 N–H and O–H groups in total. The van der Waals surface area contributed by atoms with E-state index in [2.05, 4.69) is 30.3 Å². The minimum Gasteiger partial charge on any atom is -0.494 e. The average Bonchev–Trinajstić information content (AvgIpc) is 2.72. The lowest BCUT2D eigenvalue weighted by Gasteiger charge is -2.20. The molecule has 0 saturated heterocycles. The molecule has 1 aromatic carbocycles. The molecule has 0 radical (unpaired) electrons. The number of nitrogens with zero attached hydrogens (tertiary/aromatic N) is 2. The molecule has 1 aromatic heterocycles. The summed E-state index contributed by atoms with van der Waals surface area (Å²) in [5.74, 6) is 0.594. The highest BCUT2D eigenvalue weighted by molar-refractivity contribution is 6.20. The monoisotopic (exact) mass is 312 g/mol. The number of methoxy groups -OCH3 is 1. The summed E-state index contributed by atoms with van der Waals surface area (Å²) in [6.45, 7) is 9.24. The van der Waals surface area contributed by atoms with Gasteiger partial charge in [-0.3, -0.25) is 0 Å². The molecule has 0 aliphatic rings. The fraction of sp³-hybridized carbons (Fsp3) is 0.562. The van der Waals surface area contributed by atoms with Gasteiger partial charge in [-0.2, -0.15) is 0 Å². The minimum absolute atomic E-state index is 0.202. The predicted molar refractivity (Wildman–Crippen MR) is 84.6 cm³/mol. The van der Waals surface area contributed by atoms with Crippen molar-refractivity contribution in [2.24, 2.45) is 5.41 Å². The number of aromatic nitrogens is 2. The molecular weight excluding hydrogens is 291 g/mol. The molecule has 0 aliphatic heterocycles. The Balaban J connectivity index is 2.55. The van der Waals surface area contributed by atoms with Crippen LogP contribution in [0.1, 0.15) is 45.3 Å². The first-order valence-electron chi connectivity index (χ1n) is 7.10. The van der Waals surface area contributed by atoms with E-state index in [1.54, 1.807) is 6.07 Å². The third-order valence-electron chi connectivity index (χ3n) is 3.49. The van der Waals surface area contributed by atoms with Crippen molar-refractivity contribution in [3.05, 3.63) is 23.8 Å². The largest absolute Gasteiger partial charge is 0.494 e. The molecule has 21 heavy (non-hydrogen) atoms. The van der Waals surface area contributed by atoms with Crippen LogP contribution in [0.15, 0.2) is 12.1 Å². The molecule has 0 spiro atoms. The Morgan fingerprint density at radius 1 is 1.38 bits per heavy atom. The zero-order chi connectivity index (χ0) is 15.8. The van der Waals surface area contributed by atoms with Crippen molar-refractivity contribution < 1.29 is 9.13 Å². The highest BCUT2D eigenvalue weighted by Crippen LogP contribution is 2.31. The molecule has 1 atom stereocenters. The molecule has 5 heteroatoms. The van der Waals surface area contributed by atoms with Crippen LogP contribution in [0.2, 0.25) is 0 Å². The second-order valence-corrected chi connectivity index (χ2v) is 7.18. The average molecular weight is 313 g/mol. The van der Waals surface area contributed by atoms with Gasteiger partial charge in [0.1, 0.15) is 5.82 Å². The van der Waals surface area contributed by atoms with Crippen molar-refractivity contribution >= 4 is 22.6 Å². The van der Waals surface area contributed by atoms with Gasteiger partial charge in [0.05, 0.1) is 23.5 Å². The lowest BCUT2D eigenvalue weighted by atomic mass is 9.92. The normalized spacial score (nSPS) is 13.7. The Kier molecular flexibility index (Phi) is 4.47. The van der Waals surface area contributed by atoms with E-state index in [-0.39, 0.29) is 16.5 Å². The van der Waals surface area contributed by atoms with E-state index in [1.165, 1.54) is 13.2 Å². The molecule has 2 aromatic rings. The second-order valence-electron chi connectivity index (χ2n) is 6.52. The van der Waals surface area contributed by atoms with Crippen molar-refractivity contribution in [1.82, 2.24) is 9.55 Å². The summed E-state index contributed by atoms with van der Waals surface area (Å²) < 4.78 is 21.0. The zero-order valence-corrected chi connectivity index (χ0v) is 14.0. The lowest BCUT2D eigenvalue weighted by Crippen LogP contribution is -2.12. The first-order valence-corrected chi connectivity index (χ1v) is 7.54. The van der Waals surface area contributed by atoms with Crippen LogP contribution in [0.5, 0.6) is 5.75 Å². The van der Waals surface area contributed by atoms with Gasteiger partial charge in [-0.1, -0.05) is 20.8 Å². The van der Waals surface area contributed by atoms with Crippen molar-refractivity contribution in [3.63, 3.8) is 0 Å². The van der Waals surface area contributed by atoms with Crippen LogP contribution in [-0.4, -0.2) is 16.7 Å². The molecule has 0 aliphatic carbocycles. The summed E-state index contributed by atoms with van der Waals surface area (Å²) in [5.41, 5.74) is 1.68. The standard InChI is InChI=1S/C16H22ClFN2O/c1-10(17)15-19-12-8-11(18)14(21-5)9-13(12)20(15)7-6-16(2,3)4/h8-10H,6-7H2,1-5H3. The maximum atomic E-state index is 13.8. The maximum Gasteiger partial charge on any atom is 0.167 e. The van der Waals surface area contributed by atoms with E-state index in [0.29, 0.717) is 5.52 Å². The number of alkyl halides is 1. The highest BCUT2D eigenvalue weighted by atomic mass is 35.5. The van der Waals surface area contributed by atoms with Crippen LogP contribution in [0.4, 0.5) is 4.39 Å². The first kappa shape index (κ1) is 16.1. The van der Waals surface area contributed by atoms with Crippen LogP contribution < -0.4 is 4.74 Å². The number of ether oxygens (including phenoxy) is 1. The fourth-order valence-corrected chi connectivity index (χ4v) is 2.45. The third kappa shape index (κ3) is 3.49. The van der Waals surface area contributed by atoms with E-state index < -0.39 is 5.82 Å². The zero-order valence-electron chi connectivity index (χ0n) is 13.2. The highest BCUT2D eigenvalue weighted by Gasteiger charge is 2.19. The van der Waals surface area contributed by atoms with Crippen molar-refractivity contribution in [2.75, 3.05) is 7.11 Å². The van der Waals surface area contributed by atoms with Gasteiger partial charge >= 0.3 is 0 Å². The Labute approximate surface area is 130 Å². The first-order chi connectivity index (χ1) is 9.73. The van der Waals surface area contributed by atoms with E-state index in [4.69, 9.17) is 16.3 Å². The topological polar surface area (TPSA) is 27.1 Å². The van der Waals surface area contributed by atoms with Crippen LogP contribution in [0.3, 0.4) is 0 Å². The molecule has 1 heterocycles. The van der Waals surface area contributed by atoms with Gasteiger partial charge < -0.3 is 9.30 Å². The molecule has 0 bridgehead atoms. The predicted octanol–water partition coefficient (Wildman–Crippen LogP) is 4.92. The Morgan fingerprint density at radius 2 is 2.05 bits per heavy atom. The second kappa shape index (κ2) is 5.84. The smallest absolute Gasteiger partial charge is 0.167 e. The van der Waals surface area contributed by atoms with Crippen LogP contribution >= 0.6 is 11.6 Å². The number of aryl methyl sites for hydroxylation is 1. The van der Waals surface area contributed by atoms with Gasteiger partial charge in [0, 0.05) is 18.7 Å². The SMILES string of the molecule is COc1cc2c(cc1F)nc(C(C)Cl)n2CCC(C)(C)C. The van der Waals surface area contributed by atoms with E-state index in [0.717, 1.165) is 24.3 Å². The molecule has 3 nitrogen and oxygen atoms in total. The number of imidazole rings is 1. The fourth-order valence-electron chi connectivity index (χ4n) is 2.29. The number of halogens is 2. The number of rotatable bonds is 4. The van der Waals surface area contributed by atoms with E-state index in [1.807, 2.05) is 6.92 Å². The van der Waals surface area contributed by atoms with Gasteiger partial charge in [-0.15, -0.1) is 11.6 Å². The van der Waals surface area contributed by atoms with Crippen molar-refractivity contribution in [2.45, 2.75) is 46.0 Å². The van der Waals surface area contributed by atoms with Crippen LogP contribution in [-0.2, 0) is 6.54 Å². The molecule has 2 rings (SSSR count). The number of hydrogen-bond donors (Lipinski definition) is 0. The summed E-state index contributed by atoms with van der Waals surface area (Å²) in [7, 11) is 1.46. The summed E-state index contributed by atoms with van der Waals surface area (Å²) >= 11 is 6.23. The third-order valence-corrected chi connectivity index (χ3v) is 3.69. The number of hydrogen-bond acceptors (Lipinski definition) is 2. The van der Waals surface area contributed by atoms with Gasteiger partial charge in [0.25, 0.3) is 0 Å². The maximum absolute atomic E-state index is 13.8. The van der Waals surface area contributed by atoms with Gasteiger partial charge in [0.2, 0.25) is 0 Å². The number of fused-ring (bicyclic) bond motifs is 1. The summed E-state index contributed by atoms with van der Waals surface area (Å²) in [6, 6.07) is 3.10. The lowest BCUT2D eigenvalue weighted by molar-refractivity contribution is 0.350. The summed E-state index contributed by atoms with van der Waals surface area (Å²) in [5, 5.41) is -0.230. The Morgan fingerprint density at radius 3 is 2.57 bits per heavy atom. The molecular formula is C16H22ClFN2O. The summed E-state index contributed by atoms with van der Waals surface area (Å²) in [4.78, 5) is 4.48. The van der Waals surface area contributed by atoms with Crippen LogP contribution in [0, 0.1) is 11.2 Å². The Bertz CT molecular complexity index is 644. The molecule has 116 valence electrons. The van der Waals surface area contributed by atoms with Crippen molar-refractivity contribution in [3.8, 4) is 5.75 Å². The van der Waals surface area contributed by atoms with Gasteiger partial charge in [-0.25, -0.2) is 9.37 Å². The van der Waals surface area contributed by atoms with E-state index >= 15 is 0 Å². The van der Waals surface area contributed by atoms with Crippen molar-refractivity contribution in [1.29, 1.82) is 0 Å². The van der Waals surface area contributed by atoms with Gasteiger partial charge in [-0.05, 0) is 18.8 Å². The number of benzene rings is 1. The Hall–Kier alpha value is -1.29. The molecule has 0 amide bonds. The van der Waals surface area contributed by atoms with Gasteiger partial charge in [0.15, 0.2) is 11.6 Å². The molecule has 0 saturated carbocycles. The minimum atomic E-state index is -0.403.